The average Bonchev–Trinajstić information content (AvgIpc) is 2.95. The molecule has 1 aliphatic rings. The Kier molecular flexibility index (Phi) is 2.82. The lowest BCUT2D eigenvalue weighted by atomic mass is 10.1. The van der Waals surface area contributed by atoms with Gasteiger partial charge in [-0.2, -0.15) is 0 Å². The molecule has 3 aromatic rings. The summed E-state index contributed by atoms with van der Waals surface area (Å²) in [6, 6.07) is 9.94. The summed E-state index contributed by atoms with van der Waals surface area (Å²) >= 11 is 0. The van der Waals surface area contributed by atoms with Crippen LogP contribution in [0, 0.1) is 0 Å². The first-order valence-electron chi connectivity index (χ1n) is 7.11. The molecule has 110 valence electrons. The van der Waals surface area contributed by atoms with Crippen molar-refractivity contribution in [1.82, 2.24) is 14.7 Å². The largest absolute Gasteiger partial charge is 0.423 e. The Labute approximate surface area is 126 Å². The summed E-state index contributed by atoms with van der Waals surface area (Å²) < 4.78 is 0.547. The van der Waals surface area contributed by atoms with Gasteiger partial charge >= 0.3 is 0 Å². The summed E-state index contributed by atoms with van der Waals surface area (Å²) in [6.07, 6.45) is 4.73. The number of rotatable bonds is 2. The van der Waals surface area contributed by atoms with E-state index in [-0.39, 0.29) is 11.7 Å². The van der Waals surface area contributed by atoms with Crippen molar-refractivity contribution in [2.45, 2.75) is 18.9 Å². The predicted octanol–water partition coefficient (Wildman–Crippen LogP) is 1.61. The van der Waals surface area contributed by atoms with E-state index in [0.717, 1.165) is 12.8 Å². The summed E-state index contributed by atoms with van der Waals surface area (Å²) in [6.45, 7) is 0. The van der Waals surface area contributed by atoms with Gasteiger partial charge in [0.05, 0.1) is 11.1 Å². The molecule has 22 heavy (non-hydrogen) atoms. The molecule has 1 aliphatic carbocycles. The third-order valence-electron chi connectivity index (χ3n) is 4.07. The van der Waals surface area contributed by atoms with Crippen molar-refractivity contribution in [2.75, 3.05) is 5.32 Å². The van der Waals surface area contributed by atoms with Crippen LogP contribution in [-0.4, -0.2) is 25.9 Å². The molecule has 1 aromatic carbocycles. The maximum atomic E-state index is 11.9. The van der Waals surface area contributed by atoms with E-state index < -0.39 is 5.56 Å². The van der Waals surface area contributed by atoms with Crippen molar-refractivity contribution < 1.29 is 5.21 Å². The fourth-order valence-corrected chi connectivity index (χ4v) is 3.05. The van der Waals surface area contributed by atoms with Gasteiger partial charge in [0.2, 0.25) is 0 Å². The van der Waals surface area contributed by atoms with Crippen molar-refractivity contribution in [2.24, 2.45) is 0 Å². The summed E-state index contributed by atoms with van der Waals surface area (Å²) in [7, 11) is 0. The molecule has 0 spiro atoms. The molecule has 0 saturated carbocycles. The van der Waals surface area contributed by atoms with Gasteiger partial charge < -0.3 is 10.5 Å². The zero-order valence-corrected chi connectivity index (χ0v) is 11.7. The van der Waals surface area contributed by atoms with Gasteiger partial charge in [-0.15, -0.1) is 4.73 Å². The Balaban J connectivity index is 1.72. The highest BCUT2D eigenvalue weighted by Crippen LogP contribution is 2.26. The molecule has 6 nitrogen and oxygen atoms in total. The highest BCUT2D eigenvalue weighted by atomic mass is 16.5. The molecular weight excluding hydrogens is 280 g/mol. The quantitative estimate of drug-likeness (QED) is 0.702. The Morgan fingerprint density at radius 1 is 1.23 bits per heavy atom. The maximum Gasteiger partial charge on any atom is 0.286 e. The van der Waals surface area contributed by atoms with Crippen LogP contribution in [0.4, 0.5) is 5.69 Å². The number of hydrogen-bond acceptors (Lipinski definition) is 5. The summed E-state index contributed by atoms with van der Waals surface area (Å²) in [4.78, 5) is 19.8. The van der Waals surface area contributed by atoms with Crippen molar-refractivity contribution in [3.8, 4) is 0 Å². The molecule has 2 N–H and O–H groups in total. The molecule has 0 saturated heterocycles. The second kappa shape index (κ2) is 4.84. The fourth-order valence-electron chi connectivity index (χ4n) is 3.05. The van der Waals surface area contributed by atoms with Crippen molar-refractivity contribution >= 4 is 16.7 Å². The van der Waals surface area contributed by atoms with Crippen LogP contribution in [0.15, 0.2) is 47.7 Å². The minimum atomic E-state index is -0.510. The van der Waals surface area contributed by atoms with E-state index in [4.69, 9.17) is 0 Å². The van der Waals surface area contributed by atoms with Crippen LogP contribution in [0.1, 0.15) is 11.1 Å². The Morgan fingerprint density at radius 2 is 1.95 bits per heavy atom. The first kappa shape index (κ1) is 12.8. The predicted molar refractivity (Wildman–Crippen MR) is 82.2 cm³/mol. The number of anilines is 1. The van der Waals surface area contributed by atoms with Crippen LogP contribution in [0.2, 0.25) is 0 Å². The standard InChI is InChI=1S/C16H14N4O2/c21-15-7-14(13-8-17-9-18-16(13)20(15)22)19-12-5-10-3-1-2-4-11(10)6-12/h1-4,7-9,12,19,22H,5-6H2. The van der Waals surface area contributed by atoms with E-state index in [1.165, 1.54) is 23.5 Å². The number of benzene rings is 1. The Bertz CT molecular complexity index is 894. The number of aromatic nitrogens is 3. The maximum absolute atomic E-state index is 11.9. The van der Waals surface area contributed by atoms with Gasteiger partial charge in [0.1, 0.15) is 6.33 Å². The summed E-state index contributed by atoms with van der Waals surface area (Å²) in [5.41, 5.74) is 3.01. The molecule has 2 aromatic heterocycles. The van der Waals surface area contributed by atoms with Crippen molar-refractivity contribution in [1.29, 1.82) is 0 Å². The molecule has 0 unspecified atom stereocenters. The third kappa shape index (κ3) is 2.00. The monoisotopic (exact) mass is 294 g/mol. The second-order valence-corrected chi connectivity index (χ2v) is 5.49. The van der Waals surface area contributed by atoms with E-state index in [9.17, 15) is 10.0 Å². The normalized spacial score (nSPS) is 14.2. The van der Waals surface area contributed by atoms with E-state index in [0.29, 0.717) is 15.8 Å². The van der Waals surface area contributed by atoms with Gasteiger partial charge in [-0.3, -0.25) is 4.79 Å². The van der Waals surface area contributed by atoms with Crippen LogP contribution >= 0.6 is 0 Å². The van der Waals surface area contributed by atoms with Crippen LogP contribution in [0.5, 0.6) is 0 Å². The highest BCUT2D eigenvalue weighted by Gasteiger charge is 2.22. The lowest BCUT2D eigenvalue weighted by molar-refractivity contribution is 0.186. The van der Waals surface area contributed by atoms with E-state index in [1.807, 2.05) is 12.1 Å². The number of nitrogens with one attached hydrogen (secondary N) is 1. The number of nitrogens with zero attached hydrogens (tertiary/aromatic N) is 3. The van der Waals surface area contributed by atoms with Gasteiger partial charge in [-0.05, 0) is 24.0 Å². The molecule has 0 amide bonds. The first-order chi connectivity index (χ1) is 10.7. The smallest absolute Gasteiger partial charge is 0.286 e. The molecule has 0 fully saturated rings. The average molecular weight is 294 g/mol. The topological polar surface area (TPSA) is 80.0 Å². The lowest BCUT2D eigenvalue weighted by Gasteiger charge is -2.15. The van der Waals surface area contributed by atoms with E-state index in [1.54, 1.807) is 6.20 Å². The fraction of sp³-hybridized carbons (Fsp3) is 0.188. The van der Waals surface area contributed by atoms with Crippen molar-refractivity contribution in [3.63, 3.8) is 0 Å². The molecular formula is C16H14N4O2. The lowest BCUT2D eigenvalue weighted by Crippen LogP contribution is -2.24. The minimum absolute atomic E-state index is 0.209. The number of pyridine rings is 1. The van der Waals surface area contributed by atoms with Gasteiger partial charge in [-0.25, -0.2) is 9.97 Å². The zero-order valence-electron chi connectivity index (χ0n) is 11.7. The Hall–Kier alpha value is -2.89. The summed E-state index contributed by atoms with van der Waals surface area (Å²) in [5, 5.41) is 13.8. The molecule has 0 bridgehead atoms. The van der Waals surface area contributed by atoms with Crippen LogP contribution in [-0.2, 0) is 12.8 Å². The molecule has 2 heterocycles. The SMILES string of the molecule is O=c1cc(NC2Cc3ccccc3C2)c2cncnc2n1O. The molecule has 6 heteroatoms. The van der Waals surface area contributed by atoms with Gasteiger partial charge in [-0.1, -0.05) is 24.3 Å². The molecule has 4 rings (SSSR count). The molecule has 0 atom stereocenters. The van der Waals surface area contributed by atoms with E-state index >= 15 is 0 Å². The summed E-state index contributed by atoms with van der Waals surface area (Å²) in [5.74, 6) is 0. The Morgan fingerprint density at radius 3 is 2.68 bits per heavy atom. The first-order valence-corrected chi connectivity index (χ1v) is 7.11. The number of fused-ring (bicyclic) bond motifs is 2. The van der Waals surface area contributed by atoms with Crippen molar-refractivity contribution in [3.05, 3.63) is 64.3 Å². The van der Waals surface area contributed by atoms with Gasteiger partial charge in [0.25, 0.3) is 5.56 Å². The van der Waals surface area contributed by atoms with Crippen LogP contribution in [0.25, 0.3) is 11.0 Å². The van der Waals surface area contributed by atoms with E-state index in [2.05, 4.69) is 27.4 Å². The molecule has 0 aliphatic heterocycles. The van der Waals surface area contributed by atoms with Gasteiger partial charge in [0, 0.05) is 18.3 Å². The minimum Gasteiger partial charge on any atom is -0.423 e. The second-order valence-electron chi connectivity index (χ2n) is 5.49. The van der Waals surface area contributed by atoms with Crippen LogP contribution < -0.4 is 10.9 Å². The van der Waals surface area contributed by atoms with Gasteiger partial charge in [0.15, 0.2) is 5.65 Å². The van der Waals surface area contributed by atoms with Crippen LogP contribution in [0.3, 0.4) is 0 Å². The highest BCUT2D eigenvalue weighted by molar-refractivity contribution is 5.88. The molecule has 0 radical (unpaired) electrons. The number of hydrogen-bond donors (Lipinski definition) is 2. The zero-order chi connectivity index (χ0) is 15.1. The third-order valence-corrected chi connectivity index (χ3v) is 4.07.